The first kappa shape index (κ1) is 16.0. The molecule has 0 nitrogen and oxygen atoms in total. The zero-order valence-corrected chi connectivity index (χ0v) is 13.4. The lowest BCUT2D eigenvalue weighted by Crippen LogP contribution is -1.90. The monoisotopic (exact) mass is 267 g/mol. The fourth-order valence-electron chi connectivity index (χ4n) is 2.63. The Morgan fingerprint density at radius 2 is 1.11 bits per heavy atom. The maximum atomic E-state index is 2.46. The standard InChI is InChI=1S/C17H32P/c1-3-4-5-6-7-8-9-10-11-12-15-18(2)16-13-14-17-18/h13-14,16-17H,3-12,15H2,1-2H3. The summed E-state index contributed by atoms with van der Waals surface area (Å²) < 4.78 is 0. The zero-order valence-electron chi connectivity index (χ0n) is 12.5. The lowest BCUT2D eigenvalue weighted by atomic mass is 10.1. The van der Waals surface area contributed by atoms with Crippen molar-refractivity contribution < 1.29 is 0 Å². The van der Waals surface area contributed by atoms with Crippen molar-refractivity contribution >= 4 is 7.26 Å². The molecule has 0 aromatic rings. The summed E-state index contributed by atoms with van der Waals surface area (Å²) in [5.41, 5.74) is 0. The molecule has 1 radical (unpaired) electrons. The van der Waals surface area contributed by atoms with Gasteiger partial charge in [-0.3, -0.25) is 0 Å². The maximum Gasteiger partial charge on any atom is -0.0297 e. The van der Waals surface area contributed by atoms with E-state index in [2.05, 4.69) is 37.4 Å². The summed E-state index contributed by atoms with van der Waals surface area (Å²) in [6.45, 7) is 4.75. The van der Waals surface area contributed by atoms with E-state index in [1.807, 2.05) is 0 Å². The van der Waals surface area contributed by atoms with Crippen LogP contribution in [0.3, 0.4) is 0 Å². The van der Waals surface area contributed by atoms with Crippen molar-refractivity contribution in [2.45, 2.75) is 71.1 Å². The summed E-state index contributed by atoms with van der Waals surface area (Å²) in [5.74, 6) is 4.92. The summed E-state index contributed by atoms with van der Waals surface area (Å²) >= 11 is 0. The van der Waals surface area contributed by atoms with Crippen LogP contribution < -0.4 is 0 Å². The minimum absolute atomic E-state index is 0.755. The van der Waals surface area contributed by atoms with Gasteiger partial charge in [-0.05, 0) is 19.2 Å². The van der Waals surface area contributed by atoms with Crippen LogP contribution in [0.4, 0.5) is 0 Å². The van der Waals surface area contributed by atoms with Crippen LogP contribution in [0.1, 0.15) is 71.1 Å². The molecule has 0 aromatic carbocycles. The van der Waals surface area contributed by atoms with Crippen LogP contribution in [0.2, 0.25) is 0 Å². The van der Waals surface area contributed by atoms with E-state index in [0.717, 1.165) is 0 Å². The molecule has 0 unspecified atom stereocenters. The van der Waals surface area contributed by atoms with E-state index in [9.17, 15) is 0 Å². The number of hydrogen-bond donors (Lipinski definition) is 0. The molecule has 0 atom stereocenters. The Labute approximate surface area is 115 Å². The molecule has 1 aliphatic heterocycles. The first-order valence-electron chi connectivity index (χ1n) is 7.99. The molecule has 0 N–H and O–H groups in total. The summed E-state index contributed by atoms with van der Waals surface area (Å²) in [4.78, 5) is 0. The van der Waals surface area contributed by atoms with Gasteiger partial charge in [0.2, 0.25) is 0 Å². The zero-order chi connectivity index (χ0) is 13.1. The summed E-state index contributed by atoms with van der Waals surface area (Å²) in [7, 11) is -0.755. The van der Waals surface area contributed by atoms with Crippen molar-refractivity contribution in [2.24, 2.45) is 0 Å². The highest BCUT2D eigenvalue weighted by Crippen LogP contribution is 2.61. The Kier molecular flexibility index (Phi) is 8.68. The van der Waals surface area contributed by atoms with Crippen molar-refractivity contribution in [2.75, 3.05) is 12.8 Å². The van der Waals surface area contributed by atoms with Crippen LogP contribution in [-0.2, 0) is 0 Å². The van der Waals surface area contributed by atoms with E-state index in [4.69, 9.17) is 0 Å². The molecule has 0 bridgehead atoms. The molecule has 0 saturated carbocycles. The van der Waals surface area contributed by atoms with Crippen molar-refractivity contribution in [3.05, 3.63) is 23.8 Å². The molecule has 1 rings (SSSR count). The van der Waals surface area contributed by atoms with Gasteiger partial charge in [-0.2, -0.15) is 0 Å². The summed E-state index contributed by atoms with van der Waals surface area (Å²) in [6.07, 6.45) is 20.4. The second kappa shape index (κ2) is 9.79. The van der Waals surface area contributed by atoms with E-state index in [1.165, 1.54) is 70.4 Å². The summed E-state index contributed by atoms with van der Waals surface area (Å²) in [5, 5.41) is 0. The van der Waals surface area contributed by atoms with Crippen molar-refractivity contribution in [3.8, 4) is 0 Å². The van der Waals surface area contributed by atoms with Crippen LogP contribution in [0, 0.1) is 0 Å². The molecule has 1 heterocycles. The lowest BCUT2D eigenvalue weighted by Gasteiger charge is -2.21. The normalized spacial score (nSPS) is 16.6. The minimum Gasteiger partial charge on any atom is -0.0877 e. The van der Waals surface area contributed by atoms with Gasteiger partial charge in [0.05, 0.1) is 0 Å². The Morgan fingerprint density at radius 3 is 1.61 bits per heavy atom. The van der Waals surface area contributed by atoms with Gasteiger partial charge < -0.3 is 0 Å². The third-order valence-corrected chi connectivity index (χ3v) is 6.94. The van der Waals surface area contributed by atoms with Crippen molar-refractivity contribution in [1.82, 2.24) is 0 Å². The molecule has 0 aliphatic carbocycles. The number of allylic oxidation sites excluding steroid dienone is 2. The highest BCUT2D eigenvalue weighted by atomic mass is 31.2. The third-order valence-electron chi connectivity index (χ3n) is 3.96. The molecule has 0 saturated heterocycles. The van der Waals surface area contributed by atoms with E-state index < -0.39 is 7.26 Å². The van der Waals surface area contributed by atoms with Gasteiger partial charge in [0.1, 0.15) is 0 Å². The molecular formula is C17H32P. The number of unbranched alkanes of at least 4 members (excludes halogenated alkanes) is 9. The van der Waals surface area contributed by atoms with E-state index in [-0.39, 0.29) is 0 Å². The van der Waals surface area contributed by atoms with Gasteiger partial charge in [-0.1, -0.05) is 95.8 Å². The van der Waals surface area contributed by atoms with Crippen LogP contribution >= 0.6 is 7.26 Å². The van der Waals surface area contributed by atoms with Gasteiger partial charge in [0, 0.05) is 0 Å². The molecule has 0 spiro atoms. The molecule has 0 amide bonds. The van der Waals surface area contributed by atoms with Gasteiger partial charge in [-0.25, -0.2) is 0 Å². The fraction of sp³-hybridized carbons (Fsp3) is 0.765. The second-order valence-corrected chi connectivity index (χ2v) is 9.67. The van der Waals surface area contributed by atoms with Gasteiger partial charge >= 0.3 is 0 Å². The predicted octanol–water partition coefficient (Wildman–Crippen LogP) is 6.60. The summed E-state index contributed by atoms with van der Waals surface area (Å²) in [6, 6.07) is 0. The topological polar surface area (TPSA) is 0 Å². The average Bonchev–Trinajstić information content (AvgIpc) is 2.79. The third kappa shape index (κ3) is 7.37. The number of hydrogen-bond acceptors (Lipinski definition) is 0. The quantitative estimate of drug-likeness (QED) is 0.292. The van der Waals surface area contributed by atoms with Gasteiger partial charge in [-0.15, -0.1) is 0 Å². The van der Waals surface area contributed by atoms with Crippen LogP contribution in [0.25, 0.3) is 0 Å². The smallest absolute Gasteiger partial charge is 0.0297 e. The van der Waals surface area contributed by atoms with E-state index in [0.29, 0.717) is 0 Å². The maximum absolute atomic E-state index is 2.46. The highest BCUT2D eigenvalue weighted by molar-refractivity contribution is 7.81. The van der Waals surface area contributed by atoms with E-state index in [1.54, 1.807) is 0 Å². The van der Waals surface area contributed by atoms with Gasteiger partial charge in [0.15, 0.2) is 0 Å². The van der Waals surface area contributed by atoms with Crippen LogP contribution in [-0.4, -0.2) is 12.8 Å². The molecule has 105 valence electrons. The molecule has 1 aliphatic rings. The molecular weight excluding hydrogens is 235 g/mol. The second-order valence-electron chi connectivity index (χ2n) is 5.94. The molecule has 1 heteroatoms. The van der Waals surface area contributed by atoms with Crippen molar-refractivity contribution in [3.63, 3.8) is 0 Å². The molecule has 0 aromatic heterocycles. The van der Waals surface area contributed by atoms with Crippen LogP contribution in [0.5, 0.6) is 0 Å². The number of rotatable bonds is 11. The predicted molar refractivity (Wildman–Crippen MR) is 87.8 cm³/mol. The first-order valence-corrected chi connectivity index (χ1v) is 10.5. The van der Waals surface area contributed by atoms with Crippen LogP contribution in [0.15, 0.2) is 23.8 Å². The Hall–Kier alpha value is -0.0900. The largest absolute Gasteiger partial charge is 0.0877 e. The fourth-order valence-corrected chi connectivity index (χ4v) is 4.92. The molecule has 18 heavy (non-hydrogen) atoms. The highest BCUT2D eigenvalue weighted by Gasteiger charge is 2.15. The SMILES string of the molecule is CCCCCCCCCCCC[P]1(C)C=CC=C1. The van der Waals surface area contributed by atoms with Gasteiger partial charge in [0.25, 0.3) is 0 Å². The Balaban J connectivity index is 1.82. The van der Waals surface area contributed by atoms with E-state index >= 15 is 0 Å². The average molecular weight is 267 g/mol. The minimum atomic E-state index is -0.755. The Morgan fingerprint density at radius 1 is 0.667 bits per heavy atom. The first-order chi connectivity index (χ1) is 8.77. The molecule has 0 fully saturated rings. The Bertz CT molecular complexity index is 240. The lowest BCUT2D eigenvalue weighted by molar-refractivity contribution is 0.563. The van der Waals surface area contributed by atoms with Crippen molar-refractivity contribution in [1.29, 1.82) is 0 Å².